The maximum absolute atomic E-state index is 13.8. The zero-order chi connectivity index (χ0) is 14.7. The molecular formula is C15H14F3NO. The van der Waals surface area contributed by atoms with Crippen LogP contribution < -0.4 is 10.1 Å². The van der Waals surface area contributed by atoms with E-state index in [4.69, 9.17) is 4.74 Å². The molecule has 2 aromatic carbocycles. The summed E-state index contributed by atoms with van der Waals surface area (Å²) in [5.74, 6) is -2.13. The summed E-state index contributed by atoms with van der Waals surface area (Å²) in [6.07, 6.45) is 0. The van der Waals surface area contributed by atoms with E-state index >= 15 is 0 Å². The molecule has 0 fully saturated rings. The monoisotopic (exact) mass is 281 g/mol. The number of benzene rings is 2. The molecule has 1 atom stereocenters. The van der Waals surface area contributed by atoms with Gasteiger partial charge in [-0.25, -0.2) is 13.2 Å². The molecule has 2 aromatic rings. The molecule has 1 N–H and O–H groups in total. The largest absolute Gasteiger partial charge is 0.497 e. The van der Waals surface area contributed by atoms with E-state index in [1.807, 2.05) is 0 Å². The van der Waals surface area contributed by atoms with E-state index in [1.54, 1.807) is 31.3 Å². The maximum Gasteiger partial charge on any atom is 0.134 e. The van der Waals surface area contributed by atoms with Crippen LogP contribution in [0.2, 0.25) is 0 Å². The van der Waals surface area contributed by atoms with Crippen molar-refractivity contribution in [2.75, 3.05) is 14.2 Å². The van der Waals surface area contributed by atoms with Crippen LogP contribution in [0.25, 0.3) is 0 Å². The van der Waals surface area contributed by atoms with Gasteiger partial charge in [-0.15, -0.1) is 0 Å². The molecule has 20 heavy (non-hydrogen) atoms. The number of halogens is 3. The first-order valence-corrected chi connectivity index (χ1v) is 6.02. The highest BCUT2D eigenvalue weighted by Gasteiger charge is 2.21. The van der Waals surface area contributed by atoms with Gasteiger partial charge in [-0.1, -0.05) is 12.1 Å². The van der Waals surface area contributed by atoms with E-state index in [2.05, 4.69) is 5.32 Å². The van der Waals surface area contributed by atoms with Crippen molar-refractivity contribution in [1.82, 2.24) is 5.32 Å². The zero-order valence-corrected chi connectivity index (χ0v) is 11.1. The third-order valence-corrected chi connectivity index (χ3v) is 3.07. The van der Waals surface area contributed by atoms with Crippen molar-refractivity contribution >= 4 is 0 Å². The Hall–Kier alpha value is -2.01. The predicted octanol–water partition coefficient (Wildman–Crippen LogP) is 3.42. The minimum atomic E-state index is -0.937. The van der Waals surface area contributed by atoms with Crippen LogP contribution in [0.1, 0.15) is 17.2 Å². The van der Waals surface area contributed by atoms with Crippen LogP contribution in [0.4, 0.5) is 13.2 Å². The van der Waals surface area contributed by atoms with Crippen molar-refractivity contribution in [3.05, 3.63) is 65.0 Å². The van der Waals surface area contributed by atoms with E-state index in [0.29, 0.717) is 23.4 Å². The normalized spacial score (nSPS) is 12.2. The van der Waals surface area contributed by atoms with Crippen LogP contribution in [0.5, 0.6) is 5.75 Å². The Balaban J connectivity index is 2.46. The average molecular weight is 281 g/mol. The topological polar surface area (TPSA) is 21.3 Å². The molecule has 0 bridgehead atoms. The van der Waals surface area contributed by atoms with Gasteiger partial charge in [0.2, 0.25) is 0 Å². The van der Waals surface area contributed by atoms with Crippen LogP contribution >= 0.6 is 0 Å². The first kappa shape index (κ1) is 14.4. The van der Waals surface area contributed by atoms with E-state index in [0.717, 1.165) is 0 Å². The number of hydrogen-bond donors (Lipinski definition) is 1. The summed E-state index contributed by atoms with van der Waals surface area (Å²) in [4.78, 5) is 0. The summed E-state index contributed by atoms with van der Waals surface area (Å²) in [7, 11) is 3.11. The summed E-state index contributed by atoms with van der Waals surface area (Å²) < 4.78 is 45.7. The van der Waals surface area contributed by atoms with E-state index in [-0.39, 0.29) is 5.56 Å². The van der Waals surface area contributed by atoms with Gasteiger partial charge in [0.1, 0.15) is 23.2 Å². The smallest absolute Gasteiger partial charge is 0.134 e. The first-order chi connectivity index (χ1) is 9.56. The third-order valence-electron chi connectivity index (χ3n) is 3.07. The van der Waals surface area contributed by atoms with Gasteiger partial charge in [-0.2, -0.15) is 0 Å². The molecular weight excluding hydrogens is 267 g/mol. The van der Waals surface area contributed by atoms with Gasteiger partial charge in [-0.05, 0) is 24.7 Å². The molecule has 2 nitrogen and oxygen atoms in total. The van der Waals surface area contributed by atoms with Crippen LogP contribution in [-0.2, 0) is 0 Å². The van der Waals surface area contributed by atoms with Crippen LogP contribution in [0.15, 0.2) is 36.4 Å². The van der Waals surface area contributed by atoms with Gasteiger partial charge in [0, 0.05) is 17.7 Å². The second-order valence-corrected chi connectivity index (χ2v) is 4.28. The molecule has 0 radical (unpaired) electrons. The molecule has 0 saturated heterocycles. The lowest BCUT2D eigenvalue weighted by Gasteiger charge is -2.19. The van der Waals surface area contributed by atoms with E-state index < -0.39 is 23.5 Å². The number of hydrogen-bond acceptors (Lipinski definition) is 2. The Labute approximate surface area is 115 Å². The molecule has 2 rings (SSSR count). The number of methoxy groups -OCH3 is 1. The molecule has 5 heteroatoms. The summed E-state index contributed by atoms with van der Waals surface area (Å²) >= 11 is 0. The summed E-state index contributed by atoms with van der Waals surface area (Å²) in [6.45, 7) is 0. The Kier molecular flexibility index (Phi) is 4.29. The summed E-state index contributed by atoms with van der Waals surface area (Å²) in [6, 6.07) is 7.42. The van der Waals surface area contributed by atoms with Crippen molar-refractivity contribution < 1.29 is 17.9 Å². The van der Waals surface area contributed by atoms with Crippen molar-refractivity contribution in [1.29, 1.82) is 0 Å². The maximum atomic E-state index is 13.8. The van der Waals surface area contributed by atoms with Crippen molar-refractivity contribution in [2.24, 2.45) is 0 Å². The minimum absolute atomic E-state index is 0.209. The fourth-order valence-corrected chi connectivity index (χ4v) is 2.10. The molecule has 106 valence electrons. The Morgan fingerprint density at radius 2 is 1.55 bits per heavy atom. The molecule has 0 aliphatic carbocycles. The second kappa shape index (κ2) is 5.96. The Morgan fingerprint density at radius 3 is 2.00 bits per heavy atom. The Morgan fingerprint density at radius 1 is 1.00 bits per heavy atom. The van der Waals surface area contributed by atoms with Gasteiger partial charge < -0.3 is 10.1 Å². The van der Waals surface area contributed by atoms with E-state index in [9.17, 15) is 13.2 Å². The lowest BCUT2D eigenvalue weighted by molar-refractivity contribution is 0.414. The number of rotatable bonds is 4. The summed E-state index contributed by atoms with van der Waals surface area (Å²) in [5.41, 5.74) is 0.441. The summed E-state index contributed by atoms with van der Waals surface area (Å²) in [5, 5.41) is 2.83. The minimum Gasteiger partial charge on any atom is -0.497 e. The van der Waals surface area contributed by atoms with Gasteiger partial charge in [0.05, 0.1) is 13.2 Å². The van der Waals surface area contributed by atoms with E-state index in [1.165, 1.54) is 7.11 Å². The average Bonchev–Trinajstić information content (AvgIpc) is 2.43. The van der Waals surface area contributed by atoms with Gasteiger partial charge >= 0.3 is 0 Å². The van der Waals surface area contributed by atoms with Gasteiger partial charge in [-0.3, -0.25) is 0 Å². The fraction of sp³-hybridized carbons (Fsp3) is 0.200. The first-order valence-electron chi connectivity index (χ1n) is 6.02. The lowest BCUT2D eigenvalue weighted by Crippen LogP contribution is -2.20. The molecule has 0 aliphatic rings. The van der Waals surface area contributed by atoms with Gasteiger partial charge in [0.25, 0.3) is 0 Å². The van der Waals surface area contributed by atoms with Crippen LogP contribution in [0, 0.1) is 17.5 Å². The highest BCUT2D eigenvalue weighted by molar-refractivity contribution is 5.36. The predicted molar refractivity (Wildman–Crippen MR) is 70.2 cm³/mol. The van der Waals surface area contributed by atoms with Crippen molar-refractivity contribution in [3.8, 4) is 5.75 Å². The highest BCUT2D eigenvalue weighted by atomic mass is 19.1. The molecule has 1 unspecified atom stereocenters. The lowest BCUT2D eigenvalue weighted by atomic mass is 9.97. The van der Waals surface area contributed by atoms with Gasteiger partial charge in [0.15, 0.2) is 0 Å². The molecule has 0 spiro atoms. The molecule has 0 heterocycles. The quantitative estimate of drug-likeness (QED) is 0.927. The number of nitrogens with one attached hydrogen (secondary N) is 1. The molecule has 0 amide bonds. The zero-order valence-electron chi connectivity index (χ0n) is 11.1. The van der Waals surface area contributed by atoms with Crippen molar-refractivity contribution in [3.63, 3.8) is 0 Å². The number of ether oxygens (including phenoxy) is 1. The SMILES string of the molecule is CNC(c1ccc(OC)cc1)c1c(F)cc(F)cc1F. The molecule has 0 aliphatic heterocycles. The molecule has 0 saturated carbocycles. The van der Waals surface area contributed by atoms with Crippen LogP contribution in [0.3, 0.4) is 0 Å². The standard InChI is InChI=1S/C15H14F3NO/c1-19-15(9-3-5-11(20-2)6-4-9)14-12(17)7-10(16)8-13(14)18/h3-8,15,19H,1-2H3. The van der Waals surface area contributed by atoms with Crippen molar-refractivity contribution in [2.45, 2.75) is 6.04 Å². The third kappa shape index (κ3) is 2.77. The van der Waals surface area contributed by atoms with Crippen LogP contribution in [-0.4, -0.2) is 14.2 Å². The second-order valence-electron chi connectivity index (χ2n) is 4.28. The Bertz CT molecular complexity index is 576. The highest BCUT2D eigenvalue weighted by Crippen LogP contribution is 2.28. The fourth-order valence-electron chi connectivity index (χ4n) is 2.10. The molecule has 0 aromatic heterocycles.